The number of halogens is 1. The molecule has 0 aliphatic heterocycles. The third-order valence-corrected chi connectivity index (χ3v) is 4.09. The van der Waals surface area contributed by atoms with E-state index in [9.17, 15) is 0 Å². The van der Waals surface area contributed by atoms with Gasteiger partial charge in [-0.3, -0.25) is 0 Å². The maximum atomic E-state index is 6.13. The Morgan fingerprint density at radius 3 is 2.94 bits per heavy atom. The third-order valence-electron chi connectivity index (χ3n) is 3.85. The minimum atomic E-state index is 0.326. The Balaban J connectivity index is 2.06. The molecule has 0 aromatic heterocycles. The molecule has 1 aromatic rings. The summed E-state index contributed by atoms with van der Waals surface area (Å²) in [4.78, 5) is 0. The lowest BCUT2D eigenvalue weighted by Gasteiger charge is -2.29. The molecule has 2 atom stereocenters. The molecule has 1 aromatic carbocycles. The number of hydrogen-bond donors (Lipinski definition) is 1. The Morgan fingerprint density at radius 1 is 1.39 bits per heavy atom. The van der Waals surface area contributed by atoms with E-state index in [0.717, 1.165) is 30.1 Å². The molecule has 0 amide bonds. The van der Waals surface area contributed by atoms with Gasteiger partial charge in [0.15, 0.2) is 0 Å². The van der Waals surface area contributed by atoms with Crippen LogP contribution in [-0.4, -0.2) is 6.10 Å². The van der Waals surface area contributed by atoms with E-state index in [-0.39, 0.29) is 0 Å². The van der Waals surface area contributed by atoms with Crippen molar-refractivity contribution in [3.8, 4) is 5.75 Å². The average molecular weight is 268 g/mol. The second-order valence-corrected chi connectivity index (χ2v) is 5.57. The molecule has 1 fully saturated rings. The number of ether oxygens (including phenoxy) is 1. The van der Waals surface area contributed by atoms with E-state index < -0.39 is 0 Å². The zero-order valence-corrected chi connectivity index (χ0v) is 11.7. The molecule has 1 saturated carbocycles. The van der Waals surface area contributed by atoms with Crippen molar-refractivity contribution < 1.29 is 4.74 Å². The van der Waals surface area contributed by atoms with Gasteiger partial charge in [0, 0.05) is 17.1 Å². The van der Waals surface area contributed by atoms with Gasteiger partial charge in [-0.25, -0.2) is 0 Å². The van der Waals surface area contributed by atoms with Gasteiger partial charge in [-0.15, -0.1) is 0 Å². The summed E-state index contributed by atoms with van der Waals surface area (Å²) >= 11 is 6.03. The maximum Gasteiger partial charge on any atom is 0.125 e. The summed E-state index contributed by atoms with van der Waals surface area (Å²) in [5.41, 5.74) is 6.78. The molecule has 0 heterocycles. The fraction of sp³-hybridized carbons (Fsp3) is 0.600. The fourth-order valence-electron chi connectivity index (χ4n) is 2.71. The molecule has 0 spiro atoms. The molecule has 2 rings (SSSR count). The van der Waals surface area contributed by atoms with Gasteiger partial charge in [0.05, 0.1) is 6.10 Å². The first kappa shape index (κ1) is 13.7. The zero-order chi connectivity index (χ0) is 13.0. The minimum absolute atomic E-state index is 0.326. The van der Waals surface area contributed by atoms with Crippen molar-refractivity contribution in [3.63, 3.8) is 0 Å². The Bertz CT molecular complexity index is 394. The first-order chi connectivity index (χ1) is 8.72. The molecule has 0 saturated heterocycles. The quantitative estimate of drug-likeness (QED) is 0.890. The summed E-state index contributed by atoms with van der Waals surface area (Å²) in [6, 6.07) is 5.71. The van der Waals surface area contributed by atoms with Crippen LogP contribution in [0, 0.1) is 5.92 Å². The molecule has 3 heteroatoms. The van der Waals surface area contributed by atoms with Gasteiger partial charge in [-0.2, -0.15) is 0 Å². The monoisotopic (exact) mass is 267 g/mol. The van der Waals surface area contributed by atoms with Crippen LogP contribution in [0.5, 0.6) is 5.75 Å². The predicted molar refractivity (Wildman–Crippen MR) is 76.0 cm³/mol. The lowest BCUT2D eigenvalue weighted by Crippen LogP contribution is -2.25. The Hall–Kier alpha value is -0.730. The third kappa shape index (κ3) is 3.39. The van der Waals surface area contributed by atoms with Gasteiger partial charge in [0.25, 0.3) is 0 Å². The SMILES string of the molecule is CCC1CCCC(Oc2cc(Cl)ccc2CN)C1. The number of nitrogens with two attached hydrogens (primary N) is 1. The summed E-state index contributed by atoms with van der Waals surface area (Å²) < 4.78 is 6.13. The van der Waals surface area contributed by atoms with Crippen LogP contribution >= 0.6 is 11.6 Å². The number of benzene rings is 1. The smallest absolute Gasteiger partial charge is 0.125 e. The number of rotatable bonds is 4. The van der Waals surface area contributed by atoms with Crippen LogP contribution in [0.2, 0.25) is 5.02 Å². The van der Waals surface area contributed by atoms with Crippen molar-refractivity contribution >= 4 is 11.6 Å². The second-order valence-electron chi connectivity index (χ2n) is 5.14. The van der Waals surface area contributed by atoms with Crippen LogP contribution < -0.4 is 10.5 Å². The van der Waals surface area contributed by atoms with Crippen molar-refractivity contribution in [2.24, 2.45) is 11.7 Å². The lowest BCUT2D eigenvalue weighted by molar-refractivity contribution is 0.121. The first-order valence-corrected chi connectivity index (χ1v) is 7.25. The minimum Gasteiger partial charge on any atom is -0.490 e. The number of hydrogen-bond acceptors (Lipinski definition) is 2. The fourth-order valence-corrected chi connectivity index (χ4v) is 2.87. The summed E-state index contributed by atoms with van der Waals surface area (Å²) in [5.74, 6) is 1.68. The Morgan fingerprint density at radius 2 is 2.22 bits per heavy atom. The van der Waals surface area contributed by atoms with E-state index in [0.29, 0.717) is 17.7 Å². The first-order valence-electron chi connectivity index (χ1n) is 6.88. The van der Waals surface area contributed by atoms with Crippen LogP contribution in [-0.2, 0) is 6.54 Å². The molecular formula is C15H22ClNO. The van der Waals surface area contributed by atoms with Crippen molar-refractivity contribution in [1.29, 1.82) is 0 Å². The summed E-state index contributed by atoms with van der Waals surface area (Å²) in [6.45, 7) is 2.76. The van der Waals surface area contributed by atoms with E-state index in [1.54, 1.807) is 0 Å². The molecule has 2 N–H and O–H groups in total. The molecule has 1 aliphatic carbocycles. The normalized spacial score (nSPS) is 23.9. The summed E-state index contributed by atoms with van der Waals surface area (Å²) in [6.07, 6.45) is 6.49. The summed E-state index contributed by atoms with van der Waals surface area (Å²) in [7, 11) is 0. The molecule has 2 unspecified atom stereocenters. The average Bonchev–Trinajstić information content (AvgIpc) is 2.39. The highest BCUT2D eigenvalue weighted by Gasteiger charge is 2.22. The van der Waals surface area contributed by atoms with Crippen molar-refractivity contribution in [2.45, 2.75) is 51.7 Å². The van der Waals surface area contributed by atoms with Gasteiger partial charge >= 0.3 is 0 Å². The van der Waals surface area contributed by atoms with Gasteiger partial charge in [0.2, 0.25) is 0 Å². The highest BCUT2D eigenvalue weighted by molar-refractivity contribution is 6.30. The topological polar surface area (TPSA) is 35.2 Å². The molecule has 100 valence electrons. The van der Waals surface area contributed by atoms with Gasteiger partial charge < -0.3 is 10.5 Å². The van der Waals surface area contributed by atoms with Crippen LogP contribution in [0.3, 0.4) is 0 Å². The molecule has 1 aliphatic rings. The second kappa shape index (κ2) is 6.44. The van der Waals surface area contributed by atoms with Gasteiger partial charge in [0.1, 0.15) is 5.75 Å². The standard InChI is InChI=1S/C15H22ClNO/c1-2-11-4-3-5-14(8-11)18-15-9-13(16)7-6-12(15)10-17/h6-7,9,11,14H,2-5,8,10,17H2,1H3. The van der Waals surface area contributed by atoms with Crippen molar-refractivity contribution in [2.75, 3.05) is 0 Å². The maximum absolute atomic E-state index is 6.13. The van der Waals surface area contributed by atoms with E-state index in [4.69, 9.17) is 22.1 Å². The van der Waals surface area contributed by atoms with E-state index >= 15 is 0 Å². The van der Waals surface area contributed by atoms with E-state index in [1.807, 2.05) is 18.2 Å². The molecule has 0 bridgehead atoms. The highest BCUT2D eigenvalue weighted by Crippen LogP contribution is 2.31. The molecule has 0 radical (unpaired) electrons. The highest BCUT2D eigenvalue weighted by atomic mass is 35.5. The summed E-state index contributed by atoms with van der Waals surface area (Å²) in [5, 5.41) is 0.713. The molecule has 18 heavy (non-hydrogen) atoms. The lowest BCUT2D eigenvalue weighted by atomic mass is 9.85. The largest absolute Gasteiger partial charge is 0.490 e. The van der Waals surface area contributed by atoms with E-state index in [2.05, 4.69) is 6.92 Å². The van der Waals surface area contributed by atoms with Crippen molar-refractivity contribution in [1.82, 2.24) is 0 Å². The van der Waals surface area contributed by atoms with Crippen molar-refractivity contribution in [3.05, 3.63) is 28.8 Å². The van der Waals surface area contributed by atoms with Crippen LogP contribution in [0.4, 0.5) is 0 Å². The molecular weight excluding hydrogens is 246 g/mol. The van der Waals surface area contributed by atoms with E-state index in [1.165, 1.54) is 19.3 Å². The Kier molecular flexibility index (Phi) is 4.90. The van der Waals surface area contributed by atoms with Gasteiger partial charge in [-0.1, -0.05) is 37.4 Å². The van der Waals surface area contributed by atoms with Crippen LogP contribution in [0.1, 0.15) is 44.6 Å². The predicted octanol–water partition coefficient (Wildman–Crippen LogP) is 4.15. The van der Waals surface area contributed by atoms with Gasteiger partial charge in [-0.05, 0) is 37.3 Å². The zero-order valence-electron chi connectivity index (χ0n) is 11.0. The van der Waals surface area contributed by atoms with Crippen LogP contribution in [0.25, 0.3) is 0 Å². The Labute approximate surface area is 114 Å². The molecule has 2 nitrogen and oxygen atoms in total. The van der Waals surface area contributed by atoms with Crippen LogP contribution in [0.15, 0.2) is 18.2 Å².